The number of rotatable bonds is 5. The van der Waals surface area contributed by atoms with Gasteiger partial charge < -0.3 is 4.57 Å². The van der Waals surface area contributed by atoms with Crippen LogP contribution < -0.4 is 4.90 Å². The van der Waals surface area contributed by atoms with Gasteiger partial charge in [-0.05, 0) is 35.9 Å². The van der Waals surface area contributed by atoms with Gasteiger partial charge in [-0.1, -0.05) is 91.0 Å². The molecule has 1 aliphatic rings. The number of hydrogen-bond acceptors (Lipinski definition) is 6. The molecule has 0 saturated heterocycles. The Balaban J connectivity index is 1.39. The van der Waals surface area contributed by atoms with E-state index in [2.05, 4.69) is 22.1 Å². The number of aromatic nitrogens is 3. The molecule has 0 radical (unpaired) electrons. The second-order valence-corrected chi connectivity index (χ2v) is 12.3. The van der Waals surface area contributed by atoms with E-state index < -0.39 is 11.8 Å². The zero-order valence-electron chi connectivity index (χ0n) is 27.4. The van der Waals surface area contributed by atoms with Crippen LogP contribution in [0.4, 0.5) is 5.69 Å². The van der Waals surface area contributed by atoms with E-state index in [1.165, 1.54) is 4.90 Å². The summed E-state index contributed by atoms with van der Waals surface area (Å²) >= 11 is 0. The summed E-state index contributed by atoms with van der Waals surface area (Å²) in [4.78, 5) is 39.3. The van der Waals surface area contributed by atoms with Crippen molar-refractivity contribution in [1.82, 2.24) is 14.5 Å². The van der Waals surface area contributed by atoms with Crippen molar-refractivity contribution in [3.8, 4) is 51.2 Å². The van der Waals surface area contributed by atoms with E-state index in [1.54, 1.807) is 55.1 Å². The number of carbonyl (C=O) groups excluding carboxylic acids is 2. The van der Waals surface area contributed by atoms with Crippen LogP contribution in [-0.2, 0) is 0 Å². The molecule has 0 atom stereocenters. The summed E-state index contributed by atoms with van der Waals surface area (Å²) < 4.78 is 1.99. The highest BCUT2D eigenvalue weighted by molar-refractivity contribution is 6.36. The molecule has 0 fully saturated rings. The van der Waals surface area contributed by atoms with Crippen LogP contribution in [0.3, 0.4) is 0 Å². The summed E-state index contributed by atoms with van der Waals surface area (Å²) in [5.41, 5.74) is 8.10. The van der Waals surface area contributed by atoms with E-state index in [0.29, 0.717) is 44.7 Å². The summed E-state index contributed by atoms with van der Waals surface area (Å²) in [5.74, 6) is -0.883. The number of carbonyl (C=O) groups is 2. The fourth-order valence-electron chi connectivity index (χ4n) is 7.41. The van der Waals surface area contributed by atoms with E-state index in [4.69, 9.17) is 0 Å². The van der Waals surface area contributed by atoms with Gasteiger partial charge in [0.05, 0.1) is 56.8 Å². The Kier molecular flexibility index (Phi) is 7.03. The summed E-state index contributed by atoms with van der Waals surface area (Å²) in [6.07, 6.45) is 6.49. The second kappa shape index (κ2) is 12.0. The molecule has 0 aliphatic carbocycles. The van der Waals surface area contributed by atoms with Crippen LogP contribution in [0, 0.1) is 22.7 Å². The topological polar surface area (TPSA) is 116 Å². The standard InChI is InChI=1S/C44H24N6O2/c45-23-28-19-21-47-25-36(28)33-14-6-12-31-32-13-7-15-34(37-26-48-22-20-29(37)24-46)42(32)49(41(31)33)39-18-8-16-35-40(39)44(52)50(43(35)51)38-17-5-4-11-30(38)27-9-2-1-3-10-27/h1-22,25-26H. The normalized spacial score (nSPS) is 12.2. The molecule has 9 rings (SSSR count). The Hall–Kier alpha value is -7.68. The maximum atomic E-state index is 14.9. The molecular weight excluding hydrogens is 645 g/mol. The zero-order valence-corrected chi connectivity index (χ0v) is 27.4. The molecule has 5 aromatic carbocycles. The van der Waals surface area contributed by atoms with Crippen molar-refractivity contribution in [3.63, 3.8) is 0 Å². The maximum absolute atomic E-state index is 14.9. The first-order valence-electron chi connectivity index (χ1n) is 16.5. The predicted octanol–water partition coefficient (Wildman–Crippen LogP) is 9.12. The lowest BCUT2D eigenvalue weighted by molar-refractivity contribution is 0.0926. The van der Waals surface area contributed by atoms with Crippen molar-refractivity contribution in [2.45, 2.75) is 0 Å². The molecule has 8 heteroatoms. The molecule has 0 N–H and O–H groups in total. The molecule has 0 saturated carbocycles. The number of imide groups is 1. The molecule has 8 nitrogen and oxygen atoms in total. The maximum Gasteiger partial charge on any atom is 0.268 e. The molecule has 2 amide bonds. The minimum Gasteiger partial charge on any atom is -0.307 e. The van der Waals surface area contributed by atoms with Gasteiger partial charge in [0.2, 0.25) is 0 Å². The summed E-state index contributed by atoms with van der Waals surface area (Å²) in [6.45, 7) is 0. The summed E-state index contributed by atoms with van der Waals surface area (Å²) in [6, 6.07) is 42.0. The van der Waals surface area contributed by atoms with Crippen LogP contribution in [0.5, 0.6) is 0 Å². The average Bonchev–Trinajstić information content (AvgIpc) is 3.68. The molecule has 8 aromatic rings. The third kappa shape index (κ3) is 4.46. The van der Waals surface area contributed by atoms with Crippen molar-refractivity contribution in [2.24, 2.45) is 0 Å². The third-order valence-electron chi connectivity index (χ3n) is 9.64. The van der Waals surface area contributed by atoms with E-state index >= 15 is 0 Å². The van der Waals surface area contributed by atoms with Gasteiger partial charge in [-0.25, -0.2) is 4.90 Å². The van der Waals surface area contributed by atoms with Crippen LogP contribution in [0.25, 0.3) is 60.9 Å². The van der Waals surface area contributed by atoms with Gasteiger partial charge in [0, 0.05) is 63.4 Å². The molecule has 0 bridgehead atoms. The van der Waals surface area contributed by atoms with Gasteiger partial charge in [-0.2, -0.15) is 10.5 Å². The first kappa shape index (κ1) is 30.4. The Morgan fingerprint density at radius 3 is 1.62 bits per heavy atom. The van der Waals surface area contributed by atoms with Crippen molar-refractivity contribution >= 4 is 39.3 Å². The van der Waals surface area contributed by atoms with Crippen LogP contribution >= 0.6 is 0 Å². The quantitative estimate of drug-likeness (QED) is 0.169. The Morgan fingerprint density at radius 2 is 1.00 bits per heavy atom. The number of amides is 2. The van der Waals surface area contributed by atoms with Crippen LogP contribution in [0.1, 0.15) is 31.8 Å². The number of benzene rings is 5. The first-order chi connectivity index (χ1) is 25.6. The van der Waals surface area contributed by atoms with Crippen LogP contribution in [0.15, 0.2) is 146 Å². The zero-order chi connectivity index (χ0) is 35.3. The molecule has 0 spiro atoms. The fourth-order valence-corrected chi connectivity index (χ4v) is 7.41. The molecule has 3 aromatic heterocycles. The van der Waals surface area contributed by atoms with Crippen LogP contribution in [0.2, 0.25) is 0 Å². The summed E-state index contributed by atoms with van der Waals surface area (Å²) in [7, 11) is 0. The lowest BCUT2D eigenvalue weighted by Gasteiger charge is -2.19. The second-order valence-electron chi connectivity index (χ2n) is 12.3. The van der Waals surface area contributed by atoms with E-state index in [1.807, 2.05) is 95.6 Å². The SMILES string of the molecule is N#Cc1ccncc1-c1cccc2c3cccc(-c4cnccc4C#N)c3n(-c3cccc4c3C(=O)N(c3ccccc3-c3ccccc3)C4=O)c12. The number of nitrogens with zero attached hydrogens (tertiary/aromatic N) is 6. The van der Waals surface area contributed by atoms with Crippen molar-refractivity contribution in [2.75, 3.05) is 4.90 Å². The Morgan fingerprint density at radius 1 is 0.481 bits per heavy atom. The van der Waals surface area contributed by atoms with Gasteiger partial charge in [0.1, 0.15) is 0 Å². The molecule has 1 aliphatic heterocycles. The van der Waals surface area contributed by atoms with Gasteiger partial charge >= 0.3 is 0 Å². The number of nitriles is 2. The number of fused-ring (bicyclic) bond motifs is 4. The number of hydrogen-bond donors (Lipinski definition) is 0. The smallest absolute Gasteiger partial charge is 0.268 e. The monoisotopic (exact) mass is 668 g/mol. The average molecular weight is 669 g/mol. The van der Waals surface area contributed by atoms with E-state index in [-0.39, 0.29) is 11.1 Å². The first-order valence-corrected chi connectivity index (χ1v) is 16.5. The van der Waals surface area contributed by atoms with Crippen molar-refractivity contribution in [3.05, 3.63) is 168 Å². The highest BCUT2D eigenvalue weighted by Gasteiger charge is 2.40. The van der Waals surface area contributed by atoms with E-state index in [9.17, 15) is 20.1 Å². The van der Waals surface area contributed by atoms with Crippen molar-refractivity contribution in [1.29, 1.82) is 10.5 Å². The van der Waals surface area contributed by atoms with Gasteiger partial charge in [-0.3, -0.25) is 19.6 Å². The fraction of sp³-hybridized carbons (Fsp3) is 0. The Labute approximate surface area is 297 Å². The highest BCUT2D eigenvalue weighted by Crippen LogP contribution is 2.45. The molecule has 52 heavy (non-hydrogen) atoms. The van der Waals surface area contributed by atoms with Gasteiger partial charge in [-0.15, -0.1) is 0 Å². The minimum absolute atomic E-state index is 0.247. The number of anilines is 1. The third-order valence-corrected chi connectivity index (χ3v) is 9.64. The Bertz CT molecular complexity index is 2760. The van der Waals surface area contributed by atoms with E-state index in [0.717, 1.165) is 33.0 Å². The minimum atomic E-state index is -0.456. The highest BCUT2D eigenvalue weighted by atomic mass is 16.2. The molecular formula is C44H24N6O2. The number of para-hydroxylation sites is 3. The molecule has 242 valence electrons. The lowest BCUT2D eigenvalue weighted by atomic mass is 9.98. The summed E-state index contributed by atoms with van der Waals surface area (Å²) in [5, 5.41) is 22.0. The largest absolute Gasteiger partial charge is 0.307 e. The molecule has 0 unspecified atom stereocenters. The lowest BCUT2D eigenvalue weighted by Crippen LogP contribution is -2.30. The molecule has 4 heterocycles. The van der Waals surface area contributed by atoms with Gasteiger partial charge in [0.15, 0.2) is 0 Å². The van der Waals surface area contributed by atoms with Gasteiger partial charge in [0.25, 0.3) is 11.8 Å². The number of pyridine rings is 2. The van der Waals surface area contributed by atoms with Crippen molar-refractivity contribution < 1.29 is 9.59 Å². The predicted molar refractivity (Wildman–Crippen MR) is 200 cm³/mol. The van der Waals surface area contributed by atoms with Crippen LogP contribution in [-0.4, -0.2) is 26.3 Å².